The molecule has 1 atom stereocenters. The summed E-state index contributed by atoms with van der Waals surface area (Å²) < 4.78 is 35.3. The smallest absolute Gasteiger partial charge is 0.243 e. The molecule has 0 aliphatic carbocycles. The maximum absolute atomic E-state index is 13.6. The minimum atomic E-state index is -3.93. The zero-order valence-electron chi connectivity index (χ0n) is 20.9. The standard InChI is InChI=1S/C27H31ClN4O4S/c1-20(21-6-4-3-5-7-21)30-37(34,35)26-18-22(29-27(33)19-28)8-13-25(26)32-16-14-31(15-17-32)23-9-11-24(36-2)12-10-23/h3-13,18,20,30H,14-17,19H2,1-2H3,(H,29,33). The number of benzene rings is 3. The normalized spacial score (nSPS) is 14.8. The predicted octanol–water partition coefficient (Wildman–Crippen LogP) is 4.24. The Morgan fingerprint density at radius 3 is 2.24 bits per heavy atom. The molecule has 0 radical (unpaired) electrons. The van der Waals surface area contributed by atoms with Crippen LogP contribution in [0.15, 0.2) is 77.7 Å². The van der Waals surface area contributed by atoms with Gasteiger partial charge in [-0.1, -0.05) is 30.3 Å². The molecule has 4 rings (SSSR count). The van der Waals surface area contributed by atoms with Crippen LogP contribution in [0.1, 0.15) is 18.5 Å². The quantitative estimate of drug-likeness (QED) is 0.393. The number of piperazine rings is 1. The number of halogens is 1. The maximum Gasteiger partial charge on any atom is 0.243 e. The van der Waals surface area contributed by atoms with Gasteiger partial charge in [-0.15, -0.1) is 11.6 Å². The molecular weight excluding hydrogens is 512 g/mol. The summed E-state index contributed by atoms with van der Waals surface area (Å²) in [5.41, 5.74) is 2.91. The van der Waals surface area contributed by atoms with Gasteiger partial charge in [-0.3, -0.25) is 4.79 Å². The summed E-state index contributed by atoms with van der Waals surface area (Å²) in [5.74, 6) is 0.174. The highest BCUT2D eigenvalue weighted by Crippen LogP contribution is 2.31. The Hall–Kier alpha value is -3.27. The van der Waals surface area contributed by atoms with E-state index < -0.39 is 22.0 Å². The van der Waals surface area contributed by atoms with Crippen molar-refractivity contribution in [3.63, 3.8) is 0 Å². The van der Waals surface area contributed by atoms with Gasteiger partial charge in [-0.05, 0) is 55.0 Å². The number of ether oxygens (including phenoxy) is 1. The van der Waals surface area contributed by atoms with Crippen molar-refractivity contribution < 1.29 is 17.9 Å². The Morgan fingerprint density at radius 1 is 0.973 bits per heavy atom. The van der Waals surface area contributed by atoms with Gasteiger partial charge in [-0.2, -0.15) is 0 Å². The Morgan fingerprint density at radius 2 is 1.62 bits per heavy atom. The van der Waals surface area contributed by atoms with E-state index in [2.05, 4.69) is 19.8 Å². The van der Waals surface area contributed by atoms with Crippen molar-refractivity contribution in [1.82, 2.24) is 4.72 Å². The van der Waals surface area contributed by atoms with E-state index in [0.717, 1.165) is 30.1 Å². The van der Waals surface area contributed by atoms with Crippen molar-refractivity contribution in [3.8, 4) is 5.75 Å². The highest BCUT2D eigenvalue weighted by Gasteiger charge is 2.27. The van der Waals surface area contributed by atoms with Crippen LogP contribution in [0.5, 0.6) is 5.75 Å². The van der Waals surface area contributed by atoms with Crippen LogP contribution < -0.4 is 24.6 Å². The van der Waals surface area contributed by atoms with Crippen molar-refractivity contribution in [2.24, 2.45) is 0 Å². The fourth-order valence-corrected chi connectivity index (χ4v) is 5.92. The molecular formula is C27H31ClN4O4S. The summed E-state index contributed by atoms with van der Waals surface area (Å²) in [6.07, 6.45) is 0. The highest BCUT2D eigenvalue weighted by atomic mass is 35.5. The first-order valence-corrected chi connectivity index (χ1v) is 14.0. The summed E-state index contributed by atoms with van der Waals surface area (Å²) >= 11 is 5.64. The third kappa shape index (κ3) is 6.54. The lowest BCUT2D eigenvalue weighted by atomic mass is 10.1. The first-order chi connectivity index (χ1) is 17.8. The molecule has 1 saturated heterocycles. The average molecular weight is 543 g/mol. The predicted molar refractivity (Wildman–Crippen MR) is 148 cm³/mol. The zero-order chi connectivity index (χ0) is 26.4. The van der Waals surface area contributed by atoms with Crippen LogP contribution in [0.2, 0.25) is 0 Å². The number of alkyl halides is 1. The maximum atomic E-state index is 13.6. The number of anilines is 3. The molecule has 8 nitrogen and oxygen atoms in total. The topological polar surface area (TPSA) is 91.0 Å². The molecule has 1 fully saturated rings. The fourth-order valence-electron chi connectivity index (χ4n) is 4.37. The van der Waals surface area contributed by atoms with E-state index in [4.69, 9.17) is 16.3 Å². The number of carbonyl (C=O) groups is 1. The van der Waals surface area contributed by atoms with Crippen LogP contribution in [0, 0.1) is 0 Å². The second-order valence-corrected chi connectivity index (χ2v) is 10.7. The summed E-state index contributed by atoms with van der Waals surface area (Å²) in [6.45, 7) is 4.53. The number of rotatable bonds is 9. The number of nitrogens with one attached hydrogen (secondary N) is 2. The molecule has 1 heterocycles. The summed E-state index contributed by atoms with van der Waals surface area (Å²) in [6, 6.07) is 21.8. The number of nitrogens with zero attached hydrogens (tertiary/aromatic N) is 2. The Labute approximate surface area is 223 Å². The van der Waals surface area contributed by atoms with Gasteiger partial charge >= 0.3 is 0 Å². The molecule has 1 aliphatic rings. The van der Waals surface area contributed by atoms with Crippen LogP contribution >= 0.6 is 11.6 Å². The Kier molecular flexibility index (Phi) is 8.58. The van der Waals surface area contributed by atoms with E-state index >= 15 is 0 Å². The van der Waals surface area contributed by atoms with Gasteiger partial charge in [0.25, 0.3) is 0 Å². The average Bonchev–Trinajstić information content (AvgIpc) is 2.93. The first-order valence-electron chi connectivity index (χ1n) is 12.0. The third-order valence-electron chi connectivity index (χ3n) is 6.34. The highest BCUT2D eigenvalue weighted by molar-refractivity contribution is 7.89. The van der Waals surface area contributed by atoms with Crippen LogP contribution in [0.3, 0.4) is 0 Å². The molecule has 10 heteroatoms. The minimum Gasteiger partial charge on any atom is -0.497 e. The fraction of sp³-hybridized carbons (Fsp3) is 0.296. The molecule has 2 N–H and O–H groups in total. The number of sulfonamides is 1. The monoisotopic (exact) mass is 542 g/mol. The second kappa shape index (κ2) is 11.9. The van der Waals surface area contributed by atoms with Crippen LogP contribution in [-0.2, 0) is 14.8 Å². The Bertz CT molecular complexity index is 1310. The SMILES string of the molecule is COc1ccc(N2CCN(c3ccc(NC(=O)CCl)cc3S(=O)(=O)NC(C)c3ccccc3)CC2)cc1. The number of methoxy groups -OCH3 is 1. The van der Waals surface area contributed by atoms with Crippen molar-refractivity contribution in [2.75, 3.05) is 54.3 Å². The molecule has 1 aliphatic heterocycles. The van der Waals surface area contributed by atoms with E-state index in [-0.39, 0.29) is 10.8 Å². The molecule has 0 aromatic heterocycles. The molecule has 0 spiro atoms. The lowest BCUT2D eigenvalue weighted by Crippen LogP contribution is -2.47. The minimum absolute atomic E-state index is 0.112. The number of carbonyl (C=O) groups excluding carboxylic acids is 1. The molecule has 1 unspecified atom stereocenters. The molecule has 37 heavy (non-hydrogen) atoms. The van der Waals surface area contributed by atoms with Crippen molar-refractivity contribution >= 4 is 44.6 Å². The summed E-state index contributed by atoms with van der Waals surface area (Å²) in [7, 11) is -2.29. The van der Waals surface area contributed by atoms with Gasteiger partial charge in [0, 0.05) is 43.6 Å². The van der Waals surface area contributed by atoms with E-state index in [0.29, 0.717) is 24.5 Å². The molecule has 0 bridgehead atoms. The summed E-state index contributed by atoms with van der Waals surface area (Å²) in [5, 5.41) is 2.66. The van der Waals surface area contributed by atoms with Gasteiger partial charge < -0.3 is 19.9 Å². The molecule has 3 aromatic rings. The van der Waals surface area contributed by atoms with Gasteiger partial charge in [0.2, 0.25) is 15.9 Å². The van der Waals surface area contributed by atoms with E-state index in [9.17, 15) is 13.2 Å². The van der Waals surface area contributed by atoms with Crippen LogP contribution in [0.25, 0.3) is 0 Å². The van der Waals surface area contributed by atoms with Gasteiger partial charge in [0.15, 0.2) is 0 Å². The van der Waals surface area contributed by atoms with Gasteiger partial charge in [0.05, 0.1) is 12.8 Å². The number of amides is 1. The summed E-state index contributed by atoms with van der Waals surface area (Å²) in [4.78, 5) is 16.3. The van der Waals surface area contributed by atoms with Crippen molar-refractivity contribution in [1.29, 1.82) is 0 Å². The Balaban J connectivity index is 1.58. The molecule has 1 amide bonds. The van der Waals surface area contributed by atoms with Gasteiger partial charge in [0.1, 0.15) is 16.5 Å². The molecule has 196 valence electrons. The van der Waals surface area contributed by atoms with Crippen LogP contribution in [-0.4, -0.2) is 53.5 Å². The van der Waals surface area contributed by atoms with E-state index in [1.807, 2.05) is 54.6 Å². The molecule has 0 saturated carbocycles. The van der Waals surface area contributed by atoms with Crippen molar-refractivity contribution in [3.05, 3.63) is 78.4 Å². The van der Waals surface area contributed by atoms with Gasteiger partial charge in [-0.25, -0.2) is 13.1 Å². The number of hydrogen-bond acceptors (Lipinski definition) is 6. The molecule has 3 aromatic carbocycles. The first kappa shape index (κ1) is 26.8. The van der Waals surface area contributed by atoms with E-state index in [1.165, 1.54) is 6.07 Å². The third-order valence-corrected chi connectivity index (χ3v) is 8.16. The lowest BCUT2D eigenvalue weighted by molar-refractivity contribution is -0.113. The number of hydrogen-bond donors (Lipinski definition) is 2. The van der Waals surface area contributed by atoms with E-state index in [1.54, 1.807) is 26.2 Å². The van der Waals surface area contributed by atoms with Crippen LogP contribution in [0.4, 0.5) is 17.1 Å². The largest absolute Gasteiger partial charge is 0.497 e. The lowest BCUT2D eigenvalue weighted by Gasteiger charge is -2.38. The van der Waals surface area contributed by atoms with Crippen molar-refractivity contribution in [2.45, 2.75) is 17.9 Å². The zero-order valence-corrected chi connectivity index (χ0v) is 22.4. The second-order valence-electron chi connectivity index (χ2n) is 8.79.